The lowest BCUT2D eigenvalue weighted by Crippen LogP contribution is -2.41. The number of benzene rings is 1. The number of nitrogens with zero attached hydrogens (tertiary/aromatic N) is 1. The summed E-state index contributed by atoms with van der Waals surface area (Å²) < 4.78 is 22.6. The van der Waals surface area contributed by atoms with Crippen LogP contribution >= 0.6 is 0 Å². The van der Waals surface area contributed by atoms with Gasteiger partial charge in [0.15, 0.2) is 23.4 Å². The molecule has 2 heterocycles. The van der Waals surface area contributed by atoms with Crippen LogP contribution in [0.4, 0.5) is 5.69 Å². The van der Waals surface area contributed by atoms with Gasteiger partial charge in [-0.15, -0.1) is 0 Å². The van der Waals surface area contributed by atoms with Gasteiger partial charge in [-0.1, -0.05) is 0 Å². The third kappa shape index (κ3) is 2.41. The van der Waals surface area contributed by atoms with E-state index in [1.165, 1.54) is 12.1 Å². The number of nitro groups is 1. The number of non-ortho nitro benzene ring substituents is 1. The first-order chi connectivity index (χ1) is 9.44. The quantitative estimate of drug-likeness (QED) is 0.608. The van der Waals surface area contributed by atoms with Crippen LogP contribution in [-0.4, -0.2) is 36.1 Å². The van der Waals surface area contributed by atoms with E-state index in [0.29, 0.717) is 18.1 Å². The summed E-state index contributed by atoms with van der Waals surface area (Å²) in [4.78, 5) is 10.2. The van der Waals surface area contributed by atoms with Crippen LogP contribution in [0.3, 0.4) is 0 Å². The Labute approximate surface area is 115 Å². The molecule has 2 aliphatic heterocycles. The summed E-state index contributed by atoms with van der Waals surface area (Å²) >= 11 is 0. The minimum Gasteiger partial charge on any atom is -0.485 e. The molecule has 108 valence electrons. The van der Waals surface area contributed by atoms with E-state index in [0.717, 1.165) is 0 Å². The Balaban J connectivity index is 1.74. The van der Waals surface area contributed by atoms with Crippen molar-refractivity contribution in [3.8, 4) is 11.5 Å². The lowest BCUT2D eigenvalue weighted by Gasteiger charge is -2.29. The maximum Gasteiger partial charge on any atom is 0.273 e. The van der Waals surface area contributed by atoms with Gasteiger partial charge in [-0.25, -0.2) is 0 Å². The number of rotatable bonds is 2. The Morgan fingerprint density at radius 3 is 2.70 bits per heavy atom. The smallest absolute Gasteiger partial charge is 0.273 e. The Hall–Kier alpha value is -1.86. The van der Waals surface area contributed by atoms with Crippen LogP contribution in [0.1, 0.15) is 13.8 Å². The van der Waals surface area contributed by atoms with E-state index in [1.54, 1.807) is 6.07 Å². The predicted octanol–water partition coefficient (Wildman–Crippen LogP) is 1.89. The molecule has 0 aromatic heterocycles. The minimum atomic E-state index is -0.621. The molecule has 2 aliphatic rings. The maximum absolute atomic E-state index is 10.7. The Morgan fingerprint density at radius 2 is 2.05 bits per heavy atom. The van der Waals surface area contributed by atoms with Crippen LogP contribution in [0.2, 0.25) is 0 Å². The highest BCUT2D eigenvalue weighted by Crippen LogP contribution is 2.37. The van der Waals surface area contributed by atoms with Crippen molar-refractivity contribution in [1.82, 2.24) is 0 Å². The van der Waals surface area contributed by atoms with Gasteiger partial charge in [0.2, 0.25) is 0 Å². The summed E-state index contributed by atoms with van der Waals surface area (Å²) in [6.07, 6.45) is -0.501. The Morgan fingerprint density at radius 1 is 1.25 bits per heavy atom. The molecule has 1 unspecified atom stereocenters. The summed E-state index contributed by atoms with van der Waals surface area (Å²) in [6, 6.07) is 4.29. The van der Waals surface area contributed by atoms with E-state index in [4.69, 9.17) is 18.9 Å². The Kier molecular flexibility index (Phi) is 3.02. The average molecular weight is 281 g/mol. The van der Waals surface area contributed by atoms with Gasteiger partial charge in [0.05, 0.1) is 17.6 Å². The molecular weight excluding hydrogens is 266 g/mol. The summed E-state index contributed by atoms with van der Waals surface area (Å²) in [5, 5.41) is 10.7. The first-order valence-corrected chi connectivity index (χ1v) is 6.34. The fraction of sp³-hybridized carbons (Fsp3) is 0.538. The highest BCUT2D eigenvalue weighted by atomic mass is 16.8. The van der Waals surface area contributed by atoms with Crippen molar-refractivity contribution in [2.45, 2.75) is 31.8 Å². The highest BCUT2D eigenvalue weighted by molar-refractivity contribution is 5.49. The molecule has 7 nitrogen and oxygen atoms in total. The van der Waals surface area contributed by atoms with E-state index in [9.17, 15) is 10.1 Å². The normalized spacial score (nSPS) is 27.3. The molecule has 0 amide bonds. The van der Waals surface area contributed by atoms with Crippen molar-refractivity contribution >= 4 is 5.69 Å². The molecule has 0 bridgehead atoms. The topological polar surface area (TPSA) is 80.1 Å². The number of hydrogen-bond donors (Lipinski definition) is 0. The second-order valence-electron chi connectivity index (χ2n) is 5.22. The SMILES string of the molecule is CC1(C)OCC([C@@H]2COc3cc([N+](=O)[O-])ccc3O2)O1. The first kappa shape index (κ1) is 13.1. The van der Waals surface area contributed by atoms with Gasteiger partial charge in [-0.05, 0) is 19.9 Å². The predicted molar refractivity (Wildman–Crippen MR) is 67.9 cm³/mol. The molecule has 0 aliphatic carbocycles. The van der Waals surface area contributed by atoms with Gasteiger partial charge in [-0.2, -0.15) is 0 Å². The van der Waals surface area contributed by atoms with Crippen LogP contribution in [0, 0.1) is 10.1 Å². The summed E-state index contributed by atoms with van der Waals surface area (Å²) in [7, 11) is 0. The van der Waals surface area contributed by atoms with Crippen molar-refractivity contribution < 1.29 is 23.9 Å². The molecule has 0 N–H and O–H groups in total. The number of fused-ring (bicyclic) bond motifs is 1. The summed E-state index contributed by atoms with van der Waals surface area (Å²) in [5.41, 5.74) is -0.0209. The molecule has 0 spiro atoms. The first-order valence-electron chi connectivity index (χ1n) is 6.34. The fourth-order valence-electron chi connectivity index (χ4n) is 2.27. The zero-order valence-corrected chi connectivity index (χ0v) is 11.2. The highest BCUT2D eigenvalue weighted by Gasteiger charge is 2.40. The third-order valence-corrected chi connectivity index (χ3v) is 3.26. The second-order valence-corrected chi connectivity index (χ2v) is 5.22. The van der Waals surface area contributed by atoms with E-state index >= 15 is 0 Å². The molecule has 0 saturated carbocycles. The monoisotopic (exact) mass is 281 g/mol. The number of ether oxygens (including phenoxy) is 4. The van der Waals surface area contributed by atoms with Gasteiger partial charge in [0, 0.05) is 6.07 Å². The zero-order chi connectivity index (χ0) is 14.3. The van der Waals surface area contributed by atoms with E-state index in [1.807, 2.05) is 13.8 Å². The largest absolute Gasteiger partial charge is 0.485 e. The molecule has 1 saturated heterocycles. The van der Waals surface area contributed by atoms with Gasteiger partial charge < -0.3 is 18.9 Å². The van der Waals surface area contributed by atoms with Gasteiger partial charge >= 0.3 is 0 Å². The minimum absolute atomic E-state index is 0.0209. The molecule has 0 radical (unpaired) electrons. The lowest BCUT2D eigenvalue weighted by atomic mass is 10.2. The van der Waals surface area contributed by atoms with Crippen LogP contribution in [-0.2, 0) is 9.47 Å². The second kappa shape index (κ2) is 4.60. The summed E-state index contributed by atoms with van der Waals surface area (Å²) in [6.45, 7) is 4.39. The van der Waals surface area contributed by atoms with Crippen LogP contribution < -0.4 is 9.47 Å². The van der Waals surface area contributed by atoms with Gasteiger partial charge in [0.1, 0.15) is 12.7 Å². The van der Waals surface area contributed by atoms with E-state index in [2.05, 4.69) is 0 Å². The van der Waals surface area contributed by atoms with Crippen molar-refractivity contribution in [2.75, 3.05) is 13.2 Å². The van der Waals surface area contributed by atoms with Crippen molar-refractivity contribution in [2.24, 2.45) is 0 Å². The van der Waals surface area contributed by atoms with Crippen molar-refractivity contribution in [3.05, 3.63) is 28.3 Å². The molecule has 7 heteroatoms. The molecule has 3 rings (SSSR count). The number of nitro benzene ring substituents is 1. The maximum atomic E-state index is 10.7. The van der Waals surface area contributed by atoms with Gasteiger partial charge in [0.25, 0.3) is 5.69 Å². The molecular formula is C13H15NO6. The van der Waals surface area contributed by atoms with Crippen molar-refractivity contribution in [3.63, 3.8) is 0 Å². The zero-order valence-electron chi connectivity index (χ0n) is 11.2. The molecule has 1 fully saturated rings. The lowest BCUT2D eigenvalue weighted by molar-refractivity contribution is -0.385. The molecule has 20 heavy (non-hydrogen) atoms. The fourth-order valence-corrected chi connectivity index (χ4v) is 2.27. The van der Waals surface area contributed by atoms with E-state index < -0.39 is 10.7 Å². The van der Waals surface area contributed by atoms with Gasteiger partial charge in [-0.3, -0.25) is 10.1 Å². The summed E-state index contributed by atoms with van der Waals surface area (Å²) in [5.74, 6) is 0.248. The number of hydrogen-bond acceptors (Lipinski definition) is 6. The van der Waals surface area contributed by atoms with Crippen LogP contribution in [0.25, 0.3) is 0 Å². The van der Waals surface area contributed by atoms with Crippen LogP contribution in [0.15, 0.2) is 18.2 Å². The molecule has 2 atom stereocenters. The Bertz CT molecular complexity index is 544. The molecule has 1 aromatic rings. The average Bonchev–Trinajstić information content (AvgIpc) is 2.78. The van der Waals surface area contributed by atoms with Crippen molar-refractivity contribution in [1.29, 1.82) is 0 Å². The van der Waals surface area contributed by atoms with E-state index in [-0.39, 0.29) is 24.5 Å². The third-order valence-electron chi connectivity index (χ3n) is 3.26. The van der Waals surface area contributed by atoms with Crippen LogP contribution in [0.5, 0.6) is 11.5 Å². The standard InChI is InChI=1S/C13H15NO6/c1-13(2)18-7-12(20-13)11-6-17-10-5-8(14(15)16)3-4-9(10)19-11/h3-5,11-12H,6-7H2,1-2H3/t11-,12?/m0/s1. The molecule has 1 aromatic carbocycles.